The molecule has 1 saturated heterocycles. The molecule has 1 aliphatic heterocycles. The Labute approximate surface area is 97.5 Å². The Hall–Kier alpha value is -0.870. The quantitative estimate of drug-likeness (QED) is 0.810. The first-order valence-electron chi connectivity index (χ1n) is 4.98. The molecule has 0 bridgehead atoms. The molecule has 5 heteroatoms. The Morgan fingerprint density at radius 3 is 2.94 bits per heavy atom. The fourth-order valence-electron chi connectivity index (χ4n) is 1.58. The standard InChI is InChI=1S/C11H11ClF2NO/c12-7-6-16-5-4-9(7)15-10-3-1-2-8(13)11(10)14/h1-3,6-7,9,15H,4-5H2. The van der Waals surface area contributed by atoms with Gasteiger partial charge < -0.3 is 10.1 Å². The number of rotatable bonds is 2. The van der Waals surface area contributed by atoms with E-state index in [9.17, 15) is 8.78 Å². The number of nitrogens with one attached hydrogen (secondary N) is 1. The Morgan fingerprint density at radius 1 is 1.38 bits per heavy atom. The molecule has 0 amide bonds. The second-order valence-electron chi connectivity index (χ2n) is 3.59. The predicted molar refractivity (Wildman–Crippen MR) is 58.3 cm³/mol. The molecule has 0 saturated carbocycles. The lowest BCUT2D eigenvalue weighted by Crippen LogP contribution is -2.36. The molecule has 0 spiro atoms. The largest absolute Gasteiger partial charge is 0.378 e. The van der Waals surface area contributed by atoms with Crippen molar-refractivity contribution in [2.45, 2.75) is 17.8 Å². The lowest BCUT2D eigenvalue weighted by molar-refractivity contribution is 0.151. The van der Waals surface area contributed by atoms with E-state index in [-0.39, 0.29) is 17.1 Å². The smallest absolute Gasteiger partial charge is 0.181 e. The van der Waals surface area contributed by atoms with E-state index in [1.807, 2.05) is 0 Å². The maximum absolute atomic E-state index is 13.4. The lowest BCUT2D eigenvalue weighted by atomic mass is 10.1. The second-order valence-corrected chi connectivity index (χ2v) is 4.10. The molecule has 1 radical (unpaired) electrons. The second kappa shape index (κ2) is 4.97. The highest BCUT2D eigenvalue weighted by Gasteiger charge is 2.25. The van der Waals surface area contributed by atoms with E-state index in [0.29, 0.717) is 13.0 Å². The zero-order valence-corrected chi connectivity index (χ0v) is 9.18. The van der Waals surface area contributed by atoms with Crippen LogP contribution in [0, 0.1) is 18.2 Å². The third kappa shape index (κ3) is 2.44. The van der Waals surface area contributed by atoms with E-state index in [2.05, 4.69) is 5.32 Å². The van der Waals surface area contributed by atoms with Crippen molar-refractivity contribution >= 4 is 17.3 Å². The SMILES string of the molecule is Fc1cccc(NC2CCO[CH]C2Cl)c1F. The summed E-state index contributed by atoms with van der Waals surface area (Å²) < 4.78 is 31.4. The van der Waals surface area contributed by atoms with Crippen LogP contribution in [0.2, 0.25) is 0 Å². The predicted octanol–water partition coefficient (Wildman–Crippen LogP) is 2.93. The summed E-state index contributed by atoms with van der Waals surface area (Å²) in [4.78, 5) is 0. The van der Waals surface area contributed by atoms with Gasteiger partial charge in [-0.1, -0.05) is 6.07 Å². The van der Waals surface area contributed by atoms with Crippen LogP contribution < -0.4 is 5.32 Å². The Morgan fingerprint density at radius 2 is 2.19 bits per heavy atom. The first-order chi connectivity index (χ1) is 7.68. The summed E-state index contributed by atoms with van der Waals surface area (Å²) in [7, 11) is 0. The van der Waals surface area contributed by atoms with E-state index in [0.717, 1.165) is 6.07 Å². The summed E-state index contributed by atoms with van der Waals surface area (Å²) in [5.74, 6) is -1.75. The molecule has 1 heterocycles. The number of alkyl halides is 1. The molecular weight excluding hydrogens is 236 g/mol. The minimum Gasteiger partial charge on any atom is -0.378 e. The molecule has 87 valence electrons. The number of ether oxygens (including phenoxy) is 1. The Bertz CT molecular complexity index is 375. The average molecular weight is 247 g/mol. The third-order valence-corrected chi connectivity index (χ3v) is 2.86. The number of hydrogen-bond donors (Lipinski definition) is 1. The highest BCUT2D eigenvalue weighted by atomic mass is 35.5. The van der Waals surface area contributed by atoms with Crippen LogP contribution in [0.5, 0.6) is 0 Å². The molecule has 16 heavy (non-hydrogen) atoms. The summed E-state index contributed by atoms with van der Waals surface area (Å²) in [5.41, 5.74) is 0.131. The fraction of sp³-hybridized carbons (Fsp3) is 0.364. The molecule has 1 aromatic rings. The van der Waals surface area contributed by atoms with Gasteiger partial charge in [-0.15, -0.1) is 11.6 Å². The summed E-state index contributed by atoms with van der Waals surface area (Å²) in [6, 6.07) is 3.87. The third-order valence-electron chi connectivity index (χ3n) is 2.45. The minimum atomic E-state index is -0.877. The van der Waals surface area contributed by atoms with Crippen molar-refractivity contribution in [2.75, 3.05) is 11.9 Å². The van der Waals surface area contributed by atoms with Gasteiger partial charge >= 0.3 is 0 Å². The van der Waals surface area contributed by atoms with Crippen molar-refractivity contribution in [1.82, 2.24) is 0 Å². The molecule has 2 nitrogen and oxygen atoms in total. The molecule has 2 unspecified atom stereocenters. The monoisotopic (exact) mass is 246 g/mol. The van der Waals surface area contributed by atoms with Gasteiger partial charge in [-0.2, -0.15) is 0 Å². The van der Waals surface area contributed by atoms with Gasteiger partial charge in [0.15, 0.2) is 11.6 Å². The average Bonchev–Trinajstić information content (AvgIpc) is 2.28. The maximum atomic E-state index is 13.4. The Kier molecular flexibility index (Phi) is 3.61. The molecule has 2 atom stereocenters. The van der Waals surface area contributed by atoms with Crippen molar-refractivity contribution < 1.29 is 13.5 Å². The molecule has 1 aromatic carbocycles. The molecule has 2 rings (SSSR count). The van der Waals surface area contributed by atoms with E-state index < -0.39 is 11.6 Å². The van der Waals surface area contributed by atoms with Gasteiger partial charge in [0.05, 0.1) is 11.1 Å². The minimum absolute atomic E-state index is 0.131. The van der Waals surface area contributed by atoms with Gasteiger partial charge in [-0.3, -0.25) is 0 Å². The summed E-state index contributed by atoms with van der Waals surface area (Å²) in [6.07, 6.45) is 0.653. The topological polar surface area (TPSA) is 21.3 Å². The van der Waals surface area contributed by atoms with Crippen LogP contribution in [0.1, 0.15) is 6.42 Å². The van der Waals surface area contributed by atoms with Crippen LogP contribution in [0.15, 0.2) is 18.2 Å². The first kappa shape index (κ1) is 11.6. The van der Waals surface area contributed by atoms with Crippen LogP contribution in [-0.4, -0.2) is 18.0 Å². The van der Waals surface area contributed by atoms with Gasteiger partial charge in [0, 0.05) is 12.6 Å². The lowest BCUT2D eigenvalue weighted by Gasteiger charge is -2.28. The zero-order valence-electron chi connectivity index (χ0n) is 8.42. The number of halogens is 3. The van der Waals surface area contributed by atoms with Crippen LogP contribution in [0.4, 0.5) is 14.5 Å². The van der Waals surface area contributed by atoms with Gasteiger partial charge in [-0.25, -0.2) is 8.78 Å². The van der Waals surface area contributed by atoms with E-state index in [1.54, 1.807) is 0 Å². The molecule has 0 aliphatic carbocycles. The van der Waals surface area contributed by atoms with Crippen LogP contribution in [-0.2, 0) is 4.74 Å². The van der Waals surface area contributed by atoms with Crippen molar-refractivity contribution in [1.29, 1.82) is 0 Å². The van der Waals surface area contributed by atoms with Gasteiger partial charge in [0.1, 0.15) is 6.61 Å². The van der Waals surface area contributed by atoms with Crippen molar-refractivity contribution in [2.24, 2.45) is 0 Å². The maximum Gasteiger partial charge on any atom is 0.181 e. The molecular formula is C11H11ClF2NO. The van der Waals surface area contributed by atoms with Crippen molar-refractivity contribution in [3.8, 4) is 0 Å². The molecule has 1 aliphatic rings. The zero-order chi connectivity index (χ0) is 11.5. The van der Waals surface area contributed by atoms with E-state index in [1.165, 1.54) is 18.7 Å². The highest BCUT2D eigenvalue weighted by molar-refractivity contribution is 6.22. The van der Waals surface area contributed by atoms with Crippen LogP contribution in [0.25, 0.3) is 0 Å². The summed E-state index contributed by atoms with van der Waals surface area (Å²) in [6.45, 7) is 2.03. The Balaban J connectivity index is 2.10. The van der Waals surface area contributed by atoms with Crippen molar-refractivity contribution in [3.05, 3.63) is 36.4 Å². The highest BCUT2D eigenvalue weighted by Crippen LogP contribution is 2.23. The molecule has 0 aromatic heterocycles. The van der Waals surface area contributed by atoms with Crippen LogP contribution >= 0.6 is 11.6 Å². The fourth-order valence-corrected chi connectivity index (χ4v) is 1.84. The van der Waals surface area contributed by atoms with Crippen molar-refractivity contribution in [3.63, 3.8) is 0 Å². The molecule has 1 N–H and O–H groups in total. The van der Waals surface area contributed by atoms with E-state index >= 15 is 0 Å². The van der Waals surface area contributed by atoms with Gasteiger partial charge in [-0.05, 0) is 18.6 Å². The first-order valence-corrected chi connectivity index (χ1v) is 5.41. The normalized spacial score (nSPS) is 25.4. The molecule has 1 fully saturated rings. The summed E-state index contributed by atoms with van der Waals surface area (Å²) >= 11 is 5.97. The van der Waals surface area contributed by atoms with E-state index in [4.69, 9.17) is 16.3 Å². The number of benzene rings is 1. The number of anilines is 1. The van der Waals surface area contributed by atoms with Gasteiger partial charge in [0.2, 0.25) is 0 Å². The number of hydrogen-bond acceptors (Lipinski definition) is 2. The van der Waals surface area contributed by atoms with Gasteiger partial charge in [0.25, 0.3) is 0 Å². The summed E-state index contributed by atoms with van der Waals surface area (Å²) in [5, 5.41) is 2.53. The van der Waals surface area contributed by atoms with Crippen LogP contribution in [0.3, 0.4) is 0 Å².